The minimum absolute atomic E-state index is 0.0416. The first-order valence-corrected chi connectivity index (χ1v) is 10.9. The highest BCUT2D eigenvalue weighted by molar-refractivity contribution is 5.86. The molecule has 1 N–H and O–H groups in total. The van der Waals surface area contributed by atoms with Crippen LogP contribution >= 0.6 is 0 Å². The smallest absolute Gasteiger partial charge is 0.255 e. The summed E-state index contributed by atoms with van der Waals surface area (Å²) in [6.45, 7) is 6.49. The van der Waals surface area contributed by atoms with Crippen LogP contribution in [-0.4, -0.2) is 70.4 Å². The second kappa shape index (κ2) is 8.46. The number of benzene rings is 1. The van der Waals surface area contributed by atoms with Gasteiger partial charge in [0.05, 0.1) is 12.6 Å². The van der Waals surface area contributed by atoms with Gasteiger partial charge >= 0.3 is 0 Å². The maximum Gasteiger partial charge on any atom is 0.255 e. The Labute approximate surface area is 173 Å². The van der Waals surface area contributed by atoms with E-state index in [2.05, 4.69) is 46.9 Å². The summed E-state index contributed by atoms with van der Waals surface area (Å²) >= 11 is 0. The number of likely N-dealkylation sites (tertiary alicyclic amines) is 2. The van der Waals surface area contributed by atoms with E-state index in [-0.39, 0.29) is 18.6 Å². The van der Waals surface area contributed by atoms with E-state index >= 15 is 0 Å². The van der Waals surface area contributed by atoms with E-state index in [1.807, 2.05) is 4.90 Å². The second-order valence-corrected chi connectivity index (χ2v) is 8.45. The van der Waals surface area contributed by atoms with E-state index in [0.717, 1.165) is 45.6 Å². The molecule has 0 bridgehead atoms. The number of rotatable bonds is 6. The molecule has 3 heterocycles. The number of aromatic nitrogens is 1. The number of carbonyl (C=O) groups is 1. The zero-order valence-corrected chi connectivity index (χ0v) is 17.6. The molecule has 0 aliphatic carbocycles. The highest BCUT2D eigenvalue weighted by Crippen LogP contribution is 2.32. The molecule has 1 atom stereocenters. The van der Waals surface area contributed by atoms with Crippen molar-refractivity contribution in [2.75, 3.05) is 33.4 Å². The normalized spacial score (nSPS) is 22.4. The van der Waals surface area contributed by atoms with Crippen molar-refractivity contribution in [2.24, 2.45) is 0 Å². The van der Waals surface area contributed by atoms with Gasteiger partial charge in [0, 0.05) is 51.5 Å². The molecule has 4 rings (SSSR count). The molecule has 1 aromatic carbocycles. The topological polar surface area (TPSA) is 57.9 Å². The summed E-state index contributed by atoms with van der Waals surface area (Å²) in [5.74, 6) is 0.0681. The molecule has 0 saturated carbocycles. The van der Waals surface area contributed by atoms with Crippen LogP contribution in [0.5, 0.6) is 0 Å². The summed E-state index contributed by atoms with van der Waals surface area (Å²) < 4.78 is 8.08. The van der Waals surface area contributed by atoms with Crippen LogP contribution in [0.1, 0.15) is 38.2 Å². The van der Waals surface area contributed by atoms with E-state index in [1.165, 1.54) is 16.5 Å². The number of aliphatic hydroxyl groups excluding tert-OH is 1. The van der Waals surface area contributed by atoms with Crippen molar-refractivity contribution in [1.82, 2.24) is 14.4 Å². The summed E-state index contributed by atoms with van der Waals surface area (Å²) in [5.41, 5.74) is 1.85. The van der Waals surface area contributed by atoms with Crippen molar-refractivity contribution in [3.05, 3.63) is 36.0 Å². The van der Waals surface area contributed by atoms with Crippen LogP contribution in [0, 0.1) is 0 Å². The van der Waals surface area contributed by atoms with Crippen LogP contribution in [-0.2, 0) is 22.6 Å². The molecule has 0 unspecified atom stereocenters. The van der Waals surface area contributed by atoms with Gasteiger partial charge in [0.2, 0.25) is 0 Å². The minimum atomic E-state index is -0.740. The van der Waals surface area contributed by atoms with Gasteiger partial charge in [0.1, 0.15) is 5.60 Å². The van der Waals surface area contributed by atoms with Crippen molar-refractivity contribution in [2.45, 2.75) is 57.3 Å². The maximum absolute atomic E-state index is 13.2. The Bertz CT molecular complexity index is 854. The number of piperidine rings is 1. The lowest BCUT2D eigenvalue weighted by Crippen LogP contribution is -2.57. The molecule has 1 aromatic heterocycles. The molecular weight excluding hydrogens is 366 g/mol. The Morgan fingerprint density at radius 2 is 2.03 bits per heavy atom. The third-order valence-electron chi connectivity index (χ3n) is 6.88. The number of aliphatic hydroxyl groups is 1. The van der Waals surface area contributed by atoms with Gasteiger partial charge in [-0.3, -0.25) is 9.69 Å². The zero-order valence-electron chi connectivity index (χ0n) is 17.6. The summed E-state index contributed by atoms with van der Waals surface area (Å²) in [6, 6.07) is 8.84. The molecule has 158 valence electrons. The average molecular weight is 400 g/mol. The van der Waals surface area contributed by atoms with Gasteiger partial charge in [-0.1, -0.05) is 6.07 Å². The molecule has 2 aromatic rings. The van der Waals surface area contributed by atoms with Gasteiger partial charge < -0.3 is 19.3 Å². The summed E-state index contributed by atoms with van der Waals surface area (Å²) in [6.07, 6.45) is 5.39. The number of ether oxygens (including phenoxy) is 1. The first-order chi connectivity index (χ1) is 14.1. The maximum atomic E-state index is 13.2. The van der Waals surface area contributed by atoms with Gasteiger partial charge in [-0.2, -0.15) is 0 Å². The standard InChI is InChI=1S/C23H33N3O3/c1-3-25-12-8-19-15-18(6-7-21(19)25)16-24-13-9-23(29-2,10-14-24)22(28)26-11-4-5-20(26)17-27/h6-8,12,15,20,27H,3-5,9-11,13-14,16-17H2,1-2H3/t20-/m1/s1. The van der Waals surface area contributed by atoms with Gasteiger partial charge in [-0.05, 0) is 61.8 Å². The van der Waals surface area contributed by atoms with Gasteiger partial charge in [0.15, 0.2) is 0 Å². The molecular formula is C23H33N3O3. The fraction of sp³-hybridized carbons (Fsp3) is 0.609. The Morgan fingerprint density at radius 1 is 1.24 bits per heavy atom. The largest absolute Gasteiger partial charge is 0.394 e. The van der Waals surface area contributed by atoms with Gasteiger partial charge in [0.25, 0.3) is 5.91 Å². The molecule has 2 fully saturated rings. The highest BCUT2D eigenvalue weighted by atomic mass is 16.5. The van der Waals surface area contributed by atoms with Crippen LogP contribution in [0.2, 0.25) is 0 Å². The monoisotopic (exact) mass is 399 g/mol. The Kier molecular flexibility index (Phi) is 5.95. The van der Waals surface area contributed by atoms with Crippen molar-refractivity contribution >= 4 is 16.8 Å². The number of nitrogens with zero attached hydrogens (tertiary/aromatic N) is 3. The minimum Gasteiger partial charge on any atom is -0.394 e. The number of fused-ring (bicyclic) bond motifs is 1. The lowest BCUT2D eigenvalue weighted by atomic mass is 9.89. The first kappa shape index (κ1) is 20.4. The quantitative estimate of drug-likeness (QED) is 0.811. The van der Waals surface area contributed by atoms with Crippen LogP contribution < -0.4 is 0 Å². The molecule has 2 aliphatic heterocycles. The van der Waals surface area contributed by atoms with Crippen LogP contribution in [0.25, 0.3) is 10.9 Å². The number of amides is 1. The Hall–Kier alpha value is -1.89. The lowest BCUT2D eigenvalue weighted by Gasteiger charge is -2.42. The number of hydrogen-bond donors (Lipinski definition) is 1. The second-order valence-electron chi connectivity index (χ2n) is 8.45. The van der Waals surface area contributed by atoms with Crippen molar-refractivity contribution in [3.63, 3.8) is 0 Å². The molecule has 29 heavy (non-hydrogen) atoms. The van der Waals surface area contributed by atoms with Crippen molar-refractivity contribution < 1.29 is 14.6 Å². The van der Waals surface area contributed by atoms with E-state index in [4.69, 9.17) is 4.74 Å². The summed E-state index contributed by atoms with van der Waals surface area (Å²) in [4.78, 5) is 17.5. The van der Waals surface area contributed by atoms with E-state index in [9.17, 15) is 9.90 Å². The van der Waals surface area contributed by atoms with Crippen molar-refractivity contribution in [3.8, 4) is 0 Å². The van der Waals surface area contributed by atoms with Crippen LogP contribution in [0.3, 0.4) is 0 Å². The molecule has 6 nitrogen and oxygen atoms in total. The fourth-order valence-electron chi connectivity index (χ4n) is 5.01. The predicted molar refractivity (Wildman–Crippen MR) is 114 cm³/mol. The fourth-order valence-corrected chi connectivity index (χ4v) is 5.01. The average Bonchev–Trinajstić information content (AvgIpc) is 3.40. The lowest BCUT2D eigenvalue weighted by molar-refractivity contribution is -0.162. The van der Waals surface area contributed by atoms with E-state index in [1.54, 1.807) is 7.11 Å². The molecule has 0 spiro atoms. The molecule has 1 amide bonds. The van der Waals surface area contributed by atoms with Crippen LogP contribution in [0.15, 0.2) is 30.5 Å². The number of aryl methyl sites for hydroxylation is 1. The van der Waals surface area contributed by atoms with Gasteiger partial charge in [-0.15, -0.1) is 0 Å². The molecule has 0 radical (unpaired) electrons. The molecule has 2 aliphatic rings. The third kappa shape index (κ3) is 3.81. The number of carbonyl (C=O) groups excluding carboxylic acids is 1. The summed E-state index contributed by atoms with van der Waals surface area (Å²) in [5, 5.41) is 10.9. The third-order valence-corrected chi connectivity index (χ3v) is 6.88. The highest BCUT2D eigenvalue weighted by Gasteiger charge is 2.46. The Balaban J connectivity index is 1.41. The van der Waals surface area contributed by atoms with E-state index in [0.29, 0.717) is 12.8 Å². The predicted octanol–water partition coefficient (Wildman–Crippen LogP) is 2.63. The SMILES string of the molecule is CCn1ccc2cc(CN3CCC(OC)(C(=O)N4CCC[C@@H]4CO)CC3)ccc21. The summed E-state index contributed by atoms with van der Waals surface area (Å²) in [7, 11) is 1.66. The first-order valence-electron chi connectivity index (χ1n) is 10.9. The number of methoxy groups -OCH3 is 1. The van der Waals surface area contributed by atoms with E-state index < -0.39 is 5.60 Å². The number of hydrogen-bond acceptors (Lipinski definition) is 4. The molecule has 6 heteroatoms. The van der Waals surface area contributed by atoms with Crippen LogP contribution in [0.4, 0.5) is 0 Å². The molecule has 2 saturated heterocycles. The zero-order chi connectivity index (χ0) is 20.4. The van der Waals surface area contributed by atoms with Crippen molar-refractivity contribution in [1.29, 1.82) is 0 Å². The van der Waals surface area contributed by atoms with Gasteiger partial charge in [-0.25, -0.2) is 0 Å². The Morgan fingerprint density at radius 3 is 2.72 bits per heavy atom.